The monoisotopic (exact) mass is 258 g/mol. The van der Waals surface area contributed by atoms with Crippen molar-refractivity contribution in [1.82, 2.24) is 19.5 Å². The molecule has 0 N–H and O–H groups in total. The second kappa shape index (κ2) is 5.11. The Kier molecular flexibility index (Phi) is 3.69. The molecule has 1 unspecified atom stereocenters. The van der Waals surface area contributed by atoms with Crippen molar-refractivity contribution in [3.63, 3.8) is 0 Å². The summed E-state index contributed by atoms with van der Waals surface area (Å²) in [4.78, 5) is 12.7. The Labute approximate surface area is 114 Å². The molecule has 0 aliphatic heterocycles. The van der Waals surface area contributed by atoms with Gasteiger partial charge in [-0.2, -0.15) is 0 Å². The van der Waals surface area contributed by atoms with Crippen LogP contribution in [0.15, 0.2) is 24.9 Å². The third-order valence-corrected chi connectivity index (χ3v) is 4.03. The second-order valence-corrected chi connectivity index (χ2v) is 5.29. The summed E-state index contributed by atoms with van der Waals surface area (Å²) in [5.41, 5.74) is 3.21. The van der Waals surface area contributed by atoms with E-state index >= 15 is 0 Å². The molecule has 0 radical (unpaired) electrons. The molecule has 0 spiro atoms. The van der Waals surface area contributed by atoms with E-state index in [1.165, 1.54) is 5.70 Å². The molecule has 19 heavy (non-hydrogen) atoms. The fraction of sp³-hybridized carbons (Fsp3) is 0.533. The lowest BCUT2D eigenvalue weighted by Gasteiger charge is -2.28. The SMILES string of the molecule is CC.CC1CC=C(n2cnc3cncnc32)C1(C)C. The molecule has 1 aliphatic rings. The van der Waals surface area contributed by atoms with E-state index in [0.29, 0.717) is 5.92 Å². The van der Waals surface area contributed by atoms with E-state index in [0.717, 1.165) is 17.6 Å². The average Bonchev–Trinajstić information content (AvgIpc) is 2.95. The Balaban J connectivity index is 0.000000637. The summed E-state index contributed by atoms with van der Waals surface area (Å²) in [6.45, 7) is 10.9. The predicted octanol–water partition coefficient (Wildman–Crippen LogP) is 3.76. The highest BCUT2D eigenvalue weighted by molar-refractivity contribution is 5.75. The molecular formula is C15H22N4. The molecule has 2 heterocycles. The smallest absolute Gasteiger partial charge is 0.167 e. The zero-order valence-electron chi connectivity index (χ0n) is 12.4. The number of imidazole rings is 1. The van der Waals surface area contributed by atoms with Gasteiger partial charge in [0.2, 0.25) is 0 Å². The van der Waals surface area contributed by atoms with Crippen molar-refractivity contribution < 1.29 is 0 Å². The number of fused-ring (bicyclic) bond motifs is 1. The fourth-order valence-corrected chi connectivity index (χ4v) is 2.45. The van der Waals surface area contributed by atoms with Crippen LogP contribution >= 0.6 is 0 Å². The van der Waals surface area contributed by atoms with Crippen molar-refractivity contribution >= 4 is 16.9 Å². The van der Waals surface area contributed by atoms with Gasteiger partial charge >= 0.3 is 0 Å². The quantitative estimate of drug-likeness (QED) is 0.782. The zero-order chi connectivity index (χ0) is 14.0. The summed E-state index contributed by atoms with van der Waals surface area (Å²) < 4.78 is 2.10. The summed E-state index contributed by atoms with van der Waals surface area (Å²) in [5, 5.41) is 0. The topological polar surface area (TPSA) is 43.6 Å². The molecular weight excluding hydrogens is 236 g/mol. The Morgan fingerprint density at radius 3 is 2.63 bits per heavy atom. The largest absolute Gasteiger partial charge is 0.287 e. The van der Waals surface area contributed by atoms with Gasteiger partial charge in [0, 0.05) is 11.1 Å². The van der Waals surface area contributed by atoms with E-state index in [1.807, 2.05) is 20.2 Å². The van der Waals surface area contributed by atoms with Gasteiger partial charge in [-0.25, -0.2) is 15.0 Å². The van der Waals surface area contributed by atoms with Crippen LogP contribution in [0.5, 0.6) is 0 Å². The van der Waals surface area contributed by atoms with Crippen LogP contribution in [0.25, 0.3) is 16.9 Å². The van der Waals surface area contributed by atoms with Gasteiger partial charge in [0.05, 0.1) is 6.20 Å². The molecule has 2 aromatic heterocycles. The van der Waals surface area contributed by atoms with Gasteiger partial charge in [0.15, 0.2) is 5.65 Å². The van der Waals surface area contributed by atoms with E-state index in [4.69, 9.17) is 0 Å². The normalized spacial score (nSPS) is 20.9. The molecule has 3 rings (SSSR count). The maximum atomic E-state index is 4.35. The minimum Gasteiger partial charge on any atom is -0.287 e. The molecule has 0 bridgehead atoms. The van der Waals surface area contributed by atoms with E-state index in [2.05, 4.69) is 46.4 Å². The summed E-state index contributed by atoms with van der Waals surface area (Å²) in [6, 6.07) is 0. The van der Waals surface area contributed by atoms with Crippen molar-refractivity contribution in [3.05, 3.63) is 24.9 Å². The third kappa shape index (κ3) is 2.15. The highest BCUT2D eigenvalue weighted by Gasteiger charge is 2.35. The lowest BCUT2D eigenvalue weighted by Crippen LogP contribution is -2.21. The van der Waals surface area contributed by atoms with Crippen LogP contribution in [0.2, 0.25) is 0 Å². The molecule has 0 saturated heterocycles. The Morgan fingerprint density at radius 1 is 1.26 bits per heavy atom. The Morgan fingerprint density at radius 2 is 2.00 bits per heavy atom. The zero-order valence-corrected chi connectivity index (χ0v) is 12.4. The highest BCUT2D eigenvalue weighted by Crippen LogP contribution is 2.45. The number of nitrogens with zero attached hydrogens (tertiary/aromatic N) is 4. The minimum atomic E-state index is 0.165. The molecule has 1 atom stereocenters. The second-order valence-electron chi connectivity index (χ2n) is 5.29. The molecule has 0 saturated carbocycles. The van der Waals surface area contributed by atoms with Crippen LogP contribution in [-0.2, 0) is 0 Å². The number of rotatable bonds is 1. The van der Waals surface area contributed by atoms with Crippen LogP contribution in [0.1, 0.15) is 41.0 Å². The van der Waals surface area contributed by atoms with Crippen LogP contribution < -0.4 is 0 Å². The van der Waals surface area contributed by atoms with Crippen LogP contribution in [0, 0.1) is 11.3 Å². The van der Waals surface area contributed by atoms with E-state index in [9.17, 15) is 0 Å². The number of allylic oxidation sites excluding steroid dienone is 2. The molecule has 2 aromatic rings. The van der Waals surface area contributed by atoms with E-state index in [-0.39, 0.29) is 5.41 Å². The highest BCUT2D eigenvalue weighted by atomic mass is 15.1. The van der Waals surface area contributed by atoms with Gasteiger partial charge in [-0.15, -0.1) is 0 Å². The van der Waals surface area contributed by atoms with Crippen molar-refractivity contribution in [2.45, 2.75) is 41.0 Å². The average molecular weight is 258 g/mol. The number of hydrogen-bond donors (Lipinski definition) is 0. The lowest BCUT2D eigenvalue weighted by molar-refractivity contribution is 0.338. The van der Waals surface area contributed by atoms with Gasteiger partial charge in [-0.05, 0) is 12.3 Å². The van der Waals surface area contributed by atoms with Crippen molar-refractivity contribution in [1.29, 1.82) is 0 Å². The summed E-state index contributed by atoms with van der Waals surface area (Å²) in [7, 11) is 0. The first-order chi connectivity index (χ1) is 9.10. The molecule has 1 aliphatic carbocycles. The number of aromatic nitrogens is 4. The van der Waals surface area contributed by atoms with E-state index in [1.54, 1.807) is 12.5 Å². The lowest BCUT2D eigenvalue weighted by atomic mass is 9.81. The van der Waals surface area contributed by atoms with E-state index < -0.39 is 0 Å². The molecule has 4 nitrogen and oxygen atoms in total. The first-order valence-electron chi connectivity index (χ1n) is 6.95. The first kappa shape index (κ1) is 13.7. The van der Waals surface area contributed by atoms with Crippen molar-refractivity contribution in [3.8, 4) is 0 Å². The molecule has 102 valence electrons. The van der Waals surface area contributed by atoms with Gasteiger partial charge in [0.25, 0.3) is 0 Å². The molecule has 0 amide bonds. The molecule has 0 fully saturated rings. The minimum absolute atomic E-state index is 0.165. The van der Waals surface area contributed by atoms with Crippen LogP contribution in [0.4, 0.5) is 0 Å². The Bertz CT molecular complexity index is 595. The summed E-state index contributed by atoms with van der Waals surface area (Å²) in [5.74, 6) is 0.650. The van der Waals surface area contributed by atoms with Gasteiger partial charge in [0.1, 0.15) is 18.2 Å². The van der Waals surface area contributed by atoms with Crippen LogP contribution in [0.3, 0.4) is 0 Å². The van der Waals surface area contributed by atoms with Crippen molar-refractivity contribution in [2.75, 3.05) is 0 Å². The first-order valence-corrected chi connectivity index (χ1v) is 6.95. The van der Waals surface area contributed by atoms with Gasteiger partial charge < -0.3 is 0 Å². The summed E-state index contributed by atoms with van der Waals surface area (Å²) in [6.07, 6.45) is 8.60. The van der Waals surface area contributed by atoms with Crippen LogP contribution in [-0.4, -0.2) is 19.5 Å². The van der Waals surface area contributed by atoms with Crippen molar-refractivity contribution in [2.24, 2.45) is 11.3 Å². The maximum Gasteiger partial charge on any atom is 0.167 e. The molecule has 4 heteroatoms. The summed E-state index contributed by atoms with van der Waals surface area (Å²) >= 11 is 0. The van der Waals surface area contributed by atoms with Gasteiger partial charge in [-0.3, -0.25) is 4.57 Å². The fourth-order valence-electron chi connectivity index (χ4n) is 2.45. The van der Waals surface area contributed by atoms with Gasteiger partial charge in [-0.1, -0.05) is 40.7 Å². The predicted molar refractivity (Wildman–Crippen MR) is 78.5 cm³/mol. The number of hydrogen-bond acceptors (Lipinski definition) is 3. The Hall–Kier alpha value is -1.71. The third-order valence-electron chi connectivity index (χ3n) is 4.03. The standard InChI is InChI=1S/C13H16N4.C2H6/c1-9-4-5-11(13(9,2)3)17-8-16-10-6-14-7-15-12(10)17;1-2/h5-9H,4H2,1-3H3;1-2H3. The molecule has 0 aromatic carbocycles. The maximum absolute atomic E-state index is 4.35.